The second-order valence-electron chi connectivity index (χ2n) is 12.6. The number of aliphatic hydroxyl groups excluding tert-OH is 2. The van der Waals surface area contributed by atoms with Crippen molar-refractivity contribution in [3.8, 4) is 5.75 Å². The highest BCUT2D eigenvalue weighted by Gasteiger charge is 2.50. The molecule has 0 unspecified atom stereocenters. The molecule has 1 saturated carbocycles. The Morgan fingerprint density at radius 3 is 2.66 bits per heavy atom. The fraction of sp³-hybridized carbons (Fsp3) is 0.529. The van der Waals surface area contributed by atoms with Crippen molar-refractivity contribution < 1.29 is 29.3 Å². The van der Waals surface area contributed by atoms with Gasteiger partial charge in [0.1, 0.15) is 24.6 Å². The van der Waals surface area contributed by atoms with Crippen LogP contribution in [0.4, 0.5) is 0 Å². The molecule has 3 N–H and O–H groups in total. The standard InChI is InChI=1S/C34H42Cl2N2O6/c1-19(2)23-11-8-20(3)14-29(23)43-18-30(40)38(17-21-9-10-22(35)15-26(21)36)27-16-25(34(42)37-12-13-39)31-24-6-4-5-7-28(24)44-33(31)32(27)41/h4-7,9-10,15-16,19-20,23,27,29,31-33,39,41H,8,11-14,17-18H2,1-3H3,(H,37,42)/t20-,23+,27+,29-,31-,32-,33-/m0/s1. The molecule has 8 nitrogen and oxygen atoms in total. The largest absolute Gasteiger partial charge is 0.486 e. The molecule has 0 spiro atoms. The molecule has 1 fully saturated rings. The molecular weight excluding hydrogens is 603 g/mol. The number of carbonyl (C=O) groups excluding carboxylic acids is 2. The summed E-state index contributed by atoms with van der Waals surface area (Å²) in [5.41, 5.74) is 1.79. The summed E-state index contributed by atoms with van der Waals surface area (Å²) in [7, 11) is 0. The molecule has 0 bridgehead atoms. The summed E-state index contributed by atoms with van der Waals surface area (Å²) in [6, 6.07) is 11.5. The van der Waals surface area contributed by atoms with Crippen molar-refractivity contribution >= 4 is 35.0 Å². The molecule has 5 rings (SSSR count). The van der Waals surface area contributed by atoms with Gasteiger partial charge in [0, 0.05) is 34.3 Å². The van der Waals surface area contributed by atoms with Crippen molar-refractivity contribution in [3.05, 3.63) is 75.3 Å². The number of hydrogen-bond acceptors (Lipinski definition) is 6. The summed E-state index contributed by atoms with van der Waals surface area (Å²) in [5, 5.41) is 24.8. The van der Waals surface area contributed by atoms with Gasteiger partial charge in [-0.1, -0.05) is 74.7 Å². The second kappa shape index (κ2) is 14.2. The van der Waals surface area contributed by atoms with Gasteiger partial charge >= 0.3 is 0 Å². The molecule has 0 radical (unpaired) electrons. The molecule has 238 valence electrons. The van der Waals surface area contributed by atoms with Gasteiger partial charge in [0.2, 0.25) is 11.8 Å². The Balaban J connectivity index is 1.49. The highest BCUT2D eigenvalue weighted by atomic mass is 35.5. The number of ether oxygens (including phenoxy) is 2. The lowest BCUT2D eigenvalue weighted by Crippen LogP contribution is -2.56. The quantitative estimate of drug-likeness (QED) is 0.331. The summed E-state index contributed by atoms with van der Waals surface area (Å²) >= 11 is 12.7. The first kappa shape index (κ1) is 32.8. The Kier molecular flexibility index (Phi) is 10.6. The third-order valence-electron chi connectivity index (χ3n) is 9.30. The van der Waals surface area contributed by atoms with Crippen LogP contribution in [0.1, 0.15) is 57.1 Å². The van der Waals surface area contributed by atoms with Gasteiger partial charge in [0.05, 0.1) is 24.7 Å². The van der Waals surface area contributed by atoms with Gasteiger partial charge in [0.25, 0.3) is 0 Å². The summed E-state index contributed by atoms with van der Waals surface area (Å²) < 4.78 is 12.6. The molecule has 10 heteroatoms. The van der Waals surface area contributed by atoms with Crippen LogP contribution in [0.3, 0.4) is 0 Å². The van der Waals surface area contributed by atoms with Crippen molar-refractivity contribution in [3.63, 3.8) is 0 Å². The van der Waals surface area contributed by atoms with Gasteiger partial charge in [0.15, 0.2) is 0 Å². The van der Waals surface area contributed by atoms with Gasteiger partial charge in [-0.3, -0.25) is 9.59 Å². The van der Waals surface area contributed by atoms with Crippen LogP contribution in [-0.2, 0) is 20.9 Å². The lowest BCUT2D eigenvalue weighted by Gasteiger charge is -2.41. The number of hydrogen-bond donors (Lipinski definition) is 3. The van der Waals surface area contributed by atoms with Gasteiger partial charge in [-0.05, 0) is 60.4 Å². The normalized spacial score (nSPS) is 27.6. The number of nitrogens with one attached hydrogen (secondary N) is 1. The van der Waals surface area contributed by atoms with Crippen LogP contribution >= 0.6 is 23.2 Å². The molecule has 0 saturated heterocycles. The predicted octanol–water partition coefficient (Wildman–Crippen LogP) is 5.12. The Bertz CT molecular complexity index is 1380. The second-order valence-corrected chi connectivity index (χ2v) is 13.5. The molecule has 3 aliphatic rings. The van der Waals surface area contributed by atoms with E-state index in [4.69, 9.17) is 32.7 Å². The number of benzene rings is 2. The molecule has 44 heavy (non-hydrogen) atoms. The zero-order chi connectivity index (χ0) is 31.5. The van der Waals surface area contributed by atoms with Crippen molar-refractivity contribution in [2.75, 3.05) is 19.8 Å². The summed E-state index contributed by atoms with van der Waals surface area (Å²) in [6.45, 7) is 6.32. The first-order valence-electron chi connectivity index (χ1n) is 15.5. The minimum atomic E-state index is -1.16. The maximum absolute atomic E-state index is 14.1. The molecule has 2 amide bonds. The van der Waals surface area contributed by atoms with Gasteiger partial charge < -0.3 is 29.9 Å². The van der Waals surface area contributed by atoms with Crippen molar-refractivity contribution in [2.24, 2.45) is 17.8 Å². The third-order valence-corrected chi connectivity index (χ3v) is 9.88. The smallest absolute Gasteiger partial charge is 0.249 e. The minimum Gasteiger partial charge on any atom is -0.486 e. The topological polar surface area (TPSA) is 108 Å². The van der Waals surface area contributed by atoms with E-state index in [1.165, 1.54) is 4.90 Å². The van der Waals surface area contributed by atoms with Crippen LogP contribution in [0.25, 0.3) is 0 Å². The maximum Gasteiger partial charge on any atom is 0.249 e. The number of carbonyl (C=O) groups is 2. The number of aliphatic hydroxyl groups is 2. The van der Waals surface area contributed by atoms with E-state index in [-0.39, 0.29) is 38.3 Å². The Hall–Kier alpha value is -2.62. The summed E-state index contributed by atoms with van der Waals surface area (Å²) in [4.78, 5) is 29.1. The van der Waals surface area contributed by atoms with Crippen molar-refractivity contribution in [2.45, 2.75) is 76.9 Å². The van der Waals surface area contributed by atoms with Gasteiger partial charge in [-0.25, -0.2) is 0 Å². The summed E-state index contributed by atoms with van der Waals surface area (Å²) in [6.07, 6.45) is 2.73. The van der Waals surface area contributed by atoms with Gasteiger partial charge in [-0.2, -0.15) is 0 Å². The van der Waals surface area contributed by atoms with Crippen LogP contribution in [0.2, 0.25) is 10.0 Å². The van der Waals surface area contributed by atoms with E-state index in [2.05, 4.69) is 26.1 Å². The van der Waals surface area contributed by atoms with Crippen molar-refractivity contribution in [1.82, 2.24) is 10.2 Å². The first-order chi connectivity index (χ1) is 21.1. The number of amides is 2. The monoisotopic (exact) mass is 644 g/mol. The fourth-order valence-electron chi connectivity index (χ4n) is 6.95. The SMILES string of the molecule is CC(C)[C@H]1CC[C@H](C)C[C@@H]1OCC(=O)N(Cc1ccc(Cl)cc1Cl)[C@@H]1C=C(C(=O)NCCO)[C@@H]2c3ccccc3O[C@@H]2[C@H]1O. The molecule has 2 aliphatic carbocycles. The Labute approximate surface area is 269 Å². The van der Waals surface area contributed by atoms with E-state index < -0.39 is 30.1 Å². The Morgan fingerprint density at radius 1 is 1.16 bits per heavy atom. The van der Waals surface area contributed by atoms with E-state index in [1.54, 1.807) is 30.3 Å². The highest BCUT2D eigenvalue weighted by molar-refractivity contribution is 6.35. The number of halogens is 2. The van der Waals surface area contributed by atoms with E-state index in [0.29, 0.717) is 44.7 Å². The van der Waals surface area contributed by atoms with E-state index in [0.717, 1.165) is 24.8 Å². The Morgan fingerprint density at radius 2 is 1.93 bits per heavy atom. The molecule has 1 aliphatic heterocycles. The first-order valence-corrected chi connectivity index (χ1v) is 16.2. The van der Waals surface area contributed by atoms with E-state index in [1.807, 2.05) is 18.2 Å². The lowest BCUT2D eigenvalue weighted by molar-refractivity contribution is -0.148. The van der Waals surface area contributed by atoms with Gasteiger partial charge in [-0.15, -0.1) is 0 Å². The molecule has 0 aromatic heterocycles. The average Bonchev–Trinajstić information content (AvgIpc) is 3.39. The minimum absolute atomic E-state index is 0.0487. The van der Waals surface area contributed by atoms with Crippen LogP contribution in [-0.4, -0.2) is 71.0 Å². The predicted molar refractivity (Wildman–Crippen MR) is 170 cm³/mol. The maximum atomic E-state index is 14.1. The third kappa shape index (κ3) is 6.95. The summed E-state index contributed by atoms with van der Waals surface area (Å²) in [5.74, 6) is 0.598. The number of para-hydroxylation sites is 1. The molecule has 7 atom stereocenters. The van der Waals surface area contributed by atoms with Crippen LogP contribution in [0.5, 0.6) is 5.75 Å². The lowest BCUT2D eigenvalue weighted by atomic mass is 9.75. The van der Waals surface area contributed by atoms with E-state index in [9.17, 15) is 19.8 Å². The fourth-order valence-corrected chi connectivity index (χ4v) is 7.42. The zero-order valence-corrected chi connectivity index (χ0v) is 26.9. The van der Waals surface area contributed by atoms with Crippen LogP contribution < -0.4 is 10.1 Å². The highest BCUT2D eigenvalue weighted by Crippen LogP contribution is 2.47. The molecular formula is C34H42Cl2N2O6. The molecule has 2 aromatic rings. The molecule has 1 heterocycles. The number of fused-ring (bicyclic) bond motifs is 3. The van der Waals surface area contributed by atoms with Crippen molar-refractivity contribution in [1.29, 1.82) is 0 Å². The molecule has 2 aromatic carbocycles. The number of nitrogens with zero attached hydrogens (tertiary/aromatic N) is 1. The van der Waals surface area contributed by atoms with Crippen LogP contribution in [0.15, 0.2) is 54.1 Å². The average molecular weight is 646 g/mol. The van der Waals surface area contributed by atoms with Crippen LogP contribution in [0, 0.1) is 17.8 Å². The zero-order valence-electron chi connectivity index (χ0n) is 25.4. The number of rotatable bonds is 10. The van der Waals surface area contributed by atoms with E-state index >= 15 is 0 Å².